The largest absolute Gasteiger partial charge is 0.395 e. The third kappa shape index (κ3) is 3.95. The minimum atomic E-state index is -0.0452. The Kier molecular flexibility index (Phi) is 5.33. The van der Waals surface area contributed by atoms with Crippen LogP contribution in [-0.4, -0.2) is 38.6 Å². The number of rotatable bonds is 6. The van der Waals surface area contributed by atoms with Crippen LogP contribution in [0.15, 0.2) is 30.7 Å². The van der Waals surface area contributed by atoms with Crippen molar-refractivity contribution in [3.8, 4) is 0 Å². The first-order valence-electron chi connectivity index (χ1n) is 7.41. The first-order chi connectivity index (χ1) is 10.5. The van der Waals surface area contributed by atoms with Gasteiger partial charge < -0.3 is 14.6 Å². The Balaban J connectivity index is 2.12. The monoisotopic (exact) mass is 301 g/mol. The number of aromatic nitrogens is 2. The molecule has 0 atom stereocenters. The zero-order valence-corrected chi connectivity index (χ0v) is 13.4. The van der Waals surface area contributed by atoms with Crippen LogP contribution in [0.3, 0.4) is 0 Å². The number of imidazole rings is 1. The Morgan fingerprint density at radius 2 is 2.14 bits per heavy atom. The molecular weight excluding hydrogens is 278 g/mol. The van der Waals surface area contributed by atoms with Crippen molar-refractivity contribution in [3.05, 3.63) is 53.1 Å². The van der Waals surface area contributed by atoms with Crippen molar-refractivity contribution in [2.24, 2.45) is 7.05 Å². The summed E-state index contributed by atoms with van der Waals surface area (Å²) >= 11 is 0. The van der Waals surface area contributed by atoms with Crippen LogP contribution in [0.2, 0.25) is 0 Å². The average molecular weight is 301 g/mol. The summed E-state index contributed by atoms with van der Waals surface area (Å²) in [6.07, 6.45) is 3.81. The van der Waals surface area contributed by atoms with Crippen molar-refractivity contribution in [1.29, 1.82) is 0 Å². The van der Waals surface area contributed by atoms with Crippen LogP contribution in [0, 0.1) is 13.8 Å². The van der Waals surface area contributed by atoms with Gasteiger partial charge in [-0.25, -0.2) is 4.98 Å². The summed E-state index contributed by atoms with van der Waals surface area (Å²) in [4.78, 5) is 18.3. The molecule has 0 bridgehead atoms. The third-order valence-electron chi connectivity index (χ3n) is 3.84. The van der Waals surface area contributed by atoms with Gasteiger partial charge in [0.2, 0.25) is 5.91 Å². The predicted molar refractivity (Wildman–Crippen MR) is 85.3 cm³/mol. The number of aliphatic hydroxyl groups excluding tert-OH is 1. The lowest BCUT2D eigenvalue weighted by atomic mass is 10.0. The van der Waals surface area contributed by atoms with Gasteiger partial charge in [0, 0.05) is 19.8 Å². The lowest BCUT2D eigenvalue weighted by Gasteiger charge is -2.22. The Labute approximate surface area is 131 Å². The molecule has 2 rings (SSSR count). The molecule has 0 fully saturated rings. The highest BCUT2D eigenvalue weighted by atomic mass is 16.3. The zero-order valence-electron chi connectivity index (χ0n) is 13.4. The molecule has 5 heteroatoms. The Morgan fingerprint density at radius 1 is 1.36 bits per heavy atom. The van der Waals surface area contributed by atoms with Gasteiger partial charge in [-0.2, -0.15) is 0 Å². The molecule has 118 valence electrons. The summed E-state index contributed by atoms with van der Waals surface area (Å²) in [7, 11) is 1.90. The van der Waals surface area contributed by atoms with Crippen LogP contribution >= 0.6 is 0 Å². The fourth-order valence-electron chi connectivity index (χ4n) is 2.41. The molecule has 0 saturated carbocycles. The molecule has 5 nitrogen and oxygen atoms in total. The molecule has 1 aromatic carbocycles. The standard InChI is InChI=1S/C17H23N3O2/c1-13-4-5-14(2)15(8-13)9-17(22)20(6-7-21)11-16-10-18-12-19(16)3/h4-5,8,10,12,21H,6-7,9,11H2,1-3H3. The van der Waals surface area contributed by atoms with Crippen molar-refractivity contribution in [1.82, 2.24) is 14.5 Å². The van der Waals surface area contributed by atoms with E-state index < -0.39 is 0 Å². The van der Waals surface area contributed by atoms with Gasteiger partial charge in [0.15, 0.2) is 0 Å². The van der Waals surface area contributed by atoms with Gasteiger partial charge in [0.1, 0.15) is 0 Å². The van der Waals surface area contributed by atoms with E-state index in [1.807, 2.05) is 37.6 Å². The number of benzene rings is 1. The maximum absolute atomic E-state index is 12.6. The van der Waals surface area contributed by atoms with E-state index in [9.17, 15) is 9.90 Å². The summed E-state index contributed by atoms with van der Waals surface area (Å²) in [5, 5.41) is 9.23. The number of carbonyl (C=O) groups is 1. The second-order valence-electron chi connectivity index (χ2n) is 5.64. The fourth-order valence-corrected chi connectivity index (χ4v) is 2.41. The number of aryl methyl sites for hydroxylation is 3. The van der Waals surface area contributed by atoms with Crippen molar-refractivity contribution < 1.29 is 9.90 Å². The third-order valence-corrected chi connectivity index (χ3v) is 3.84. The van der Waals surface area contributed by atoms with E-state index in [1.165, 1.54) is 0 Å². The smallest absolute Gasteiger partial charge is 0.227 e. The number of amides is 1. The molecule has 0 aliphatic carbocycles. The highest BCUT2D eigenvalue weighted by molar-refractivity contribution is 5.79. The summed E-state index contributed by atoms with van der Waals surface area (Å²) in [6.45, 7) is 4.78. The summed E-state index contributed by atoms with van der Waals surface area (Å²) in [5.74, 6) is 0.0175. The van der Waals surface area contributed by atoms with Crippen LogP contribution < -0.4 is 0 Å². The molecule has 0 radical (unpaired) electrons. The van der Waals surface area contributed by atoms with E-state index in [1.54, 1.807) is 17.4 Å². The first-order valence-corrected chi connectivity index (χ1v) is 7.41. The second kappa shape index (κ2) is 7.22. The first kappa shape index (κ1) is 16.2. The maximum atomic E-state index is 12.6. The number of carbonyl (C=O) groups excluding carboxylic acids is 1. The predicted octanol–water partition coefficient (Wildman–Crippen LogP) is 1.60. The van der Waals surface area contributed by atoms with Crippen LogP contribution in [-0.2, 0) is 24.8 Å². The van der Waals surface area contributed by atoms with Gasteiger partial charge in [0.05, 0.1) is 31.6 Å². The topological polar surface area (TPSA) is 58.4 Å². The van der Waals surface area contributed by atoms with E-state index in [-0.39, 0.29) is 12.5 Å². The van der Waals surface area contributed by atoms with Crippen molar-refractivity contribution >= 4 is 5.91 Å². The van der Waals surface area contributed by atoms with Gasteiger partial charge in [0.25, 0.3) is 0 Å². The minimum Gasteiger partial charge on any atom is -0.395 e. The van der Waals surface area contributed by atoms with Crippen molar-refractivity contribution in [3.63, 3.8) is 0 Å². The van der Waals surface area contributed by atoms with Gasteiger partial charge in [-0.1, -0.05) is 23.8 Å². The quantitative estimate of drug-likeness (QED) is 0.881. The molecule has 1 heterocycles. The van der Waals surface area contributed by atoms with E-state index >= 15 is 0 Å². The van der Waals surface area contributed by atoms with Crippen LogP contribution in [0.1, 0.15) is 22.4 Å². The van der Waals surface area contributed by atoms with E-state index in [2.05, 4.69) is 11.1 Å². The Bertz CT molecular complexity index is 649. The molecule has 2 aromatic rings. The molecule has 0 saturated heterocycles. The zero-order chi connectivity index (χ0) is 16.1. The van der Waals surface area contributed by atoms with E-state index in [0.29, 0.717) is 19.5 Å². The molecule has 1 N–H and O–H groups in total. The Morgan fingerprint density at radius 3 is 2.77 bits per heavy atom. The second-order valence-corrected chi connectivity index (χ2v) is 5.64. The molecule has 0 aliphatic rings. The highest BCUT2D eigenvalue weighted by Crippen LogP contribution is 2.13. The van der Waals surface area contributed by atoms with Crippen LogP contribution in [0.4, 0.5) is 0 Å². The van der Waals surface area contributed by atoms with E-state index in [4.69, 9.17) is 0 Å². The number of hydrogen-bond acceptors (Lipinski definition) is 3. The number of aliphatic hydroxyl groups is 1. The molecule has 0 unspecified atom stereocenters. The minimum absolute atomic E-state index is 0.0175. The van der Waals surface area contributed by atoms with Gasteiger partial charge in [-0.15, -0.1) is 0 Å². The lowest BCUT2D eigenvalue weighted by molar-refractivity contribution is -0.131. The summed E-state index contributed by atoms with van der Waals surface area (Å²) in [6, 6.07) is 6.13. The van der Waals surface area contributed by atoms with E-state index in [0.717, 1.165) is 22.4 Å². The maximum Gasteiger partial charge on any atom is 0.227 e. The molecule has 0 spiro atoms. The fraction of sp³-hybridized carbons (Fsp3) is 0.412. The molecule has 1 aromatic heterocycles. The van der Waals surface area contributed by atoms with Gasteiger partial charge in [-0.3, -0.25) is 4.79 Å². The van der Waals surface area contributed by atoms with Crippen LogP contribution in [0.5, 0.6) is 0 Å². The van der Waals surface area contributed by atoms with Crippen molar-refractivity contribution in [2.75, 3.05) is 13.2 Å². The molecule has 0 aliphatic heterocycles. The SMILES string of the molecule is Cc1ccc(C)c(CC(=O)N(CCO)Cc2cncn2C)c1. The summed E-state index contributed by atoms with van der Waals surface area (Å²) in [5.41, 5.74) is 4.25. The van der Waals surface area contributed by atoms with Gasteiger partial charge in [-0.05, 0) is 25.0 Å². The van der Waals surface area contributed by atoms with Gasteiger partial charge >= 0.3 is 0 Å². The molecule has 22 heavy (non-hydrogen) atoms. The van der Waals surface area contributed by atoms with Crippen molar-refractivity contribution in [2.45, 2.75) is 26.8 Å². The molecular formula is C17H23N3O2. The highest BCUT2D eigenvalue weighted by Gasteiger charge is 2.16. The lowest BCUT2D eigenvalue weighted by Crippen LogP contribution is -2.35. The van der Waals surface area contributed by atoms with Crippen LogP contribution in [0.25, 0.3) is 0 Å². The summed E-state index contributed by atoms with van der Waals surface area (Å²) < 4.78 is 1.88. The average Bonchev–Trinajstić information content (AvgIpc) is 2.88. The number of nitrogens with zero attached hydrogens (tertiary/aromatic N) is 3. The molecule has 1 amide bonds. The Hall–Kier alpha value is -2.14. The normalized spacial score (nSPS) is 10.7. The number of hydrogen-bond donors (Lipinski definition) is 1.